The normalized spacial score (nSPS) is 10.9. The third-order valence-electron chi connectivity index (χ3n) is 2.86. The van der Waals surface area contributed by atoms with Crippen molar-refractivity contribution in [3.8, 4) is 5.75 Å². The van der Waals surface area contributed by atoms with E-state index in [2.05, 4.69) is 23.9 Å². The third kappa shape index (κ3) is 3.54. The van der Waals surface area contributed by atoms with Crippen LogP contribution in [0.4, 0.5) is 0 Å². The fraction of sp³-hybridized carbons (Fsp3) is 0.429. The number of hydrogen-bond acceptors (Lipinski definition) is 4. The molecule has 2 N–H and O–H groups in total. The fourth-order valence-corrected chi connectivity index (χ4v) is 1.88. The van der Waals surface area contributed by atoms with E-state index in [4.69, 9.17) is 10.5 Å². The zero-order chi connectivity index (χ0) is 13.7. The lowest BCUT2D eigenvalue weighted by molar-refractivity contribution is 0.282. The van der Waals surface area contributed by atoms with Crippen molar-refractivity contribution in [2.75, 3.05) is 6.54 Å². The highest BCUT2D eigenvalue weighted by molar-refractivity contribution is 5.27. The minimum absolute atomic E-state index is 0.285. The zero-order valence-corrected chi connectivity index (χ0v) is 11.4. The van der Waals surface area contributed by atoms with Crippen LogP contribution in [-0.2, 0) is 13.0 Å². The van der Waals surface area contributed by atoms with Crippen LogP contribution in [0.2, 0.25) is 0 Å². The Balaban J connectivity index is 1.96. The van der Waals surface area contributed by atoms with Gasteiger partial charge in [0.1, 0.15) is 18.7 Å². The van der Waals surface area contributed by atoms with Crippen molar-refractivity contribution in [2.24, 2.45) is 5.73 Å². The van der Waals surface area contributed by atoms with Gasteiger partial charge in [-0.3, -0.25) is 0 Å². The molecular formula is C14H20N4O. The monoisotopic (exact) mass is 260 g/mol. The van der Waals surface area contributed by atoms with Gasteiger partial charge in [0.2, 0.25) is 0 Å². The van der Waals surface area contributed by atoms with E-state index >= 15 is 0 Å². The Morgan fingerprint density at radius 1 is 1.26 bits per heavy atom. The van der Waals surface area contributed by atoms with Crippen LogP contribution in [-0.4, -0.2) is 21.3 Å². The average molecular weight is 260 g/mol. The fourth-order valence-electron chi connectivity index (χ4n) is 1.88. The van der Waals surface area contributed by atoms with Crippen LogP contribution < -0.4 is 10.5 Å². The molecule has 0 atom stereocenters. The first-order valence-corrected chi connectivity index (χ1v) is 6.51. The van der Waals surface area contributed by atoms with Gasteiger partial charge in [-0.05, 0) is 44.5 Å². The maximum atomic E-state index is 5.72. The van der Waals surface area contributed by atoms with E-state index in [1.807, 2.05) is 28.9 Å². The standard InChI is InChI=1S/C14H20N4O/c1-11(2)18-14(16-10-17-18)9-19-13-5-3-12(4-6-13)7-8-15/h3-6,10-11H,7-9,15H2,1-2H3. The number of rotatable bonds is 6. The van der Waals surface area contributed by atoms with Gasteiger partial charge in [-0.15, -0.1) is 0 Å². The molecule has 1 aromatic carbocycles. The lowest BCUT2D eigenvalue weighted by atomic mass is 10.1. The first-order valence-electron chi connectivity index (χ1n) is 6.51. The maximum absolute atomic E-state index is 5.72. The number of hydrogen-bond donors (Lipinski definition) is 1. The molecule has 0 aliphatic carbocycles. The molecule has 5 heteroatoms. The molecule has 19 heavy (non-hydrogen) atoms. The molecule has 0 bridgehead atoms. The summed E-state index contributed by atoms with van der Waals surface area (Å²) in [4.78, 5) is 4.21. The first-order chi connectivity index (χ1) is 9.20. The van der Waals surface area contributed by atoms with E-state index in [0.29, 0.717) is 13.2 Å². The first kappa shape index (κ1) is 13.5. The molecule has 0 aliphatic heterocycles. The highest BCUT2D eigenvalue weighted by Crippen LogP contribution is 2.14. The number of nitrogens with zero attached hydrogens (tertiary/aromatic N) is 3. The molecule has 0 amide bonds. The summed E-state index contributed by atoms with van der Waals surface area (Å²) in [5.41, 5.74) is 6.74. The van der Waals surface area contributed by atoms with Gasteiger partial charge in [-0.1, -0.05) is 12.1 Å². The molecule has 1 aromatic heterocycles. The maximum Gasteiger partial charge on any atom is 0.165 e. The number of aromatic nitrogens is 3. The summed E-state index contributed by atoms with van der Waals surface area (Å²) in [5, 5.41) is 4.18. The molecule has 1 heterocycles. The van der Waals surface area contributed by atoms with Crippen molar-refractivity contribution in [3.05, 3.63) is 42.0 Å². The molecule has 0 saturated carbocycles. The Bertz CT molecular complexity index is 504. The molecule has 102 valence electrons. The Kier molecular flexibility index (Phi) is 4.52. The molecule has 0 aliphatic rings. The van der Waals surface area contributed by atoms with Gasteiger partial charge in [0.05, 0.1) is 0 Å². The Morgan fingerprint density at radius 2 is 2.00 bits per heavy atom. The van der Waals surface area contributed by atoms with Gasteiger partial charge >= 0.3 is 0 Å². The number of ether oxygens (including phenoxy) is 1. The molecule has 5 nitrogen and oxygen atoms in total. The van der Waals surface area contributed by atoms with E-state index in [9.17, 15) is 0 Å². The second-order valence-corrected chi connectivity index (χ2v) is 4.69. The predicted octanol–water partition coefficient (Wildman–Crippen LogP) is 1.94. The SMILES string of the molecule is CC(C)n1ncnc1COc1ccc(CCN)cc1. The van der Waals surface area contributed by atoms with Crippen LogP contribution in [0, 0.1) is 0 Å². The number of benzene rings is 1. The van der Waals surface area contributed by atoms with Crippen LogP contribution in [0.3, 0.4) is 0 Å². The van der Waals surface area contributed by atoms with E-state index < -0.39 is 0 Å². The summed E-state index contributed by atoms with van der Waals surface area (Å²) < 4.78 is 7.58. The Labute approximate surface area is 113 Å². The van der Waals surface area contributed by atoms with Gasteiger partial charge in [-0.2, -0.15) is 5.10 Å². The largest absolute Gasteiger partial charge is 0.486 e. The van der Waals surface area contributed by atoms with Crippen molar-refractivity contribution in [1.29, 1.82) is 0 Å². The molecular weight excluding hydrogens is 240 g/mol. The van der Waals surface area contributed by atoms with Crippen molar-refractivity contribution in [1.82, 2.24) is 14.8 Å². The van der Waals surface area contributed by atoms with Crippen molar-refractivity contribution < 1.29 is 4.74 Å². The lowest BCUT2D eigenvalue weighted by Gasteiger charge is -2.10. The molecule has 0 radical (unpaired) electrons. The second-order valence-electron chi connectivity index (χ2n) is 4.69. The number of nitrogens with two attached hydrogens (primary N) is 1. The summed E-state index contributed by atoms with van der Waals surface area (Å²) in [6.45, 7) is 5.23. The van der Waals surface area contributed by atoms with Crippen LogP contribution in [0.15, 0.2) is 30.6 Å². The highest BCUT2D eigenvalue weighted by atomic mass is 16.5. The molecule has 0 spiro atoms. The van der Waals surface area contributed by atoms with Gasteiger partial charge < -0.3 is 10.5 Å². The lowest BCUT2D eigenvalue weighted by Crippen LogP contribution is -2.10. The Hall–Kier alpha value is -1.88. The molecule has 2 aromatic rings. The van der Waals surface area contributed by atoms with Gasteiger partial charge in [0.25, 0.3) is 0 Å². The Morgan fingerprint density at radius 3 is 2.63 bits per heavy atom. The summed E-state index contributed by atoms with van der Waals surface area (Å²) in [7, 11) is 0. The van der Waals surface area contributed by atoms with E-state index in [0.717, 1.165) is 18.0 Å². The molecule has 2 rings (SSSR count). The van der Waals surface area contributed by atoms with E-state index in [1.165, 1.54) is 5.56 Å². The van der Waals surface area contributed by atoms with E-state index in [-0.39, 0.29) is 6.04 Å². The topological polar surface area (TPSA) is 66.0 Å². The van der Waals surface area contributed by atoms with Crippen LogP contribution in [0.5, 0.6) is 5.75 Å². The van der Waals surface area contributed by atoms with E-state index in [1.54, 1.807) is 6.33 Å². The molecule has 0 unspecified atom stereocenters. The summed E-state index contributed by atoms with van der Waals surface area (Å²) >= 11 is 0. The highest BCUT2D eigenvalue weighted by Gasteiger charge is 2.07. The average Bonchev–Trinajstić information content (AvgIpc) is 2.87. The summed E-state index contributed by atoms with van der Waals surface area (Å²) in [6, 6.07) is 8.28. The van der Waals surface area contributed by atoms with Gasteiger partial charge in [0.15, 0.2) is 5.82 Å². The van der Waals surface area contributed by atoms with Crippen LogP contribution in [0.1, 0.15) is 31.3 Å². The van der Waals surface area contributed by atoms with Crippen molar-refractivity contribution in [3.63, 3.8) is 0 Å². The van der Waals surface area contributed by atoms with Gasteiger partial charge in [0, 0.05) is 6.04 Å². The van der Waals surface area contributed by atoms with Crippen molar-refractivity contribution >= 4 is 0 Å². The van der Waals surface area contributed by atoms with Crippen molar-refractivity contribution in [2.45, 2.75) is 32.9 Å². The van der Waals surface area contributed by atoms with Gasteiger partial charge in [-0.25, -0.2) is 9.67 Å². The van der Waals surface area contributed by atoms with Crippen LogP contribution >= 0.6 is 0 Å². The smallest absolute Gasteiger partial charge is 0.165 e. The summed E-state index contributed by atoms with van der Waals surface area (Å²) in [5.74, 6) is 1.67. The predicted molar refractivity (Wildman–Crippen MR) is 73.9 cm³/mol. The minimum Gasteiger partial charge on any atom is -0.486 e. The third-order valence-corrected chi connectivity index (χ3v) is 2.86. The summed E-state index contributed by atoms with van der Waals surface area (Å²) in [6.07, 6.45) is 2.45. The minimum atomic E-state index is 0.285. The zero-order valence-electron chi connectivity index (χ0n) is 11.4. The molecule has 0 fully saturated rings. The van der Waals surface area contributed by atoms with Crippen LogP contribution in [0.25, 0.3) is 0 Å². The second kappa shape index (κ2) is 6.33. The molecule has 0 saturated heterocycles. The quantitative estimate of drug-likeness (QED) is 0.862.